The van der Waals surface area contributed by atoms with Crippen LogP contribution in [0.4, 0.5) is 11.4 Å². The molecule has 1 aromatic rings. The molecule has 0 bridgehead atoms. The molecule has 1 unspecified atom stereocenters. The molecule has 1 aliphatic rings. The molecular weight excluding hydrogens is 232 g/mol. The van der Waals surface area contributed by atoms with Gasteiger partial charge in [-0.3, -0.25) is 4.79 Å². The smallest absolute Gasteiger partial charge is 0.224 e. The molecule has 3 N–H and O–H groups in total. The second-order valence-electron chi connectivity index (χ2n) is 4.43. The Balaban J connectivity index is 2.29. The van der Waals surface area contributed by atoms with Crippen LogP contribution in [0, 0.1) is 0 Å². The van der Waals surface area contributed by atoms with Gasteiger partial charge in [-0.25, -0.2) is 0 Å². The summed E-state index contributed by atoms with van der Waals surface area (Å²) in [6.07, 6.45) is 2.46. The fourth-order valence-electron chi connectivity index (χ4n) is 1.83. The standard InChI is InChI=1S/C13H18N2OS/c1-3-8(2)17-12-7-11-9(6-10(12)14)4-5-13(16)15-11/h6-8H,3-5,14H2,1-2H3,(H,15,16). The van der Waals surface area contributed by atoms with E-state index in [0.717, 1.165) is 34.7 Å². The Labute approximate surface area is 106 Å². The Hall–Kier alpha value is -1.16. The number of benzene rings is 1. The number of thioether (sulfide) groups is 1. The van der Waals surface area contributed by atoms with Gasteiger partial charge in [0.1, 0.15) is 0 Å². The molecule has 1 aromatic carbocycles. The van der Waals surface area contributed by atoms with Crippen molar-refractivity contribution < 1.29 is 4.79 Å². The summed E-state index contributed by atoms with van der Waals surface area (Å²) in [6.45, 7) is 4.34. The lowest BCUT2D eigenvalue weighted by molar-refractivity contribution is -0.116. The molecule has 0 saturated heterocycles. The number of nitrogens with two attached hydrogens (primary N) is 1. The number of anilines is 2. The minimum absolute atomic E-state index is 0.0989. The highest BCUT2D eigenvalue weighted by molar-refractivity contribution is 8.00. The van der Waals surface area contributed by atoms with Gasteiger partial charge in [-0.2, -0.15) is 0 Å². The first-order chi connectivity index (χ1) is 8.10. The van der Waals surface area contributed by atoms with Crippen LogP contribution in [0.3, 0.4) is 0 Å². The van der Waals surface area contributed by atoms with E-state index in [9.17, 15) is 4.79 Å². The van der Waals surface area contributed by atoms with Gasteiger partial charge >= 0.3 is 0 Å². The molecule has 17 heavy (non-hydrogen) atoms. The first-order valence-corrected chi connectivity index (χ1v) is 6.87. The Morgan fingerprint density at radius 3 is 2.94 bits per heavy atom. The van der Waals surface area contributed by atoms with Crippen molar-refractivity contribution in [2.75, 3.05) is 11.1 Å². The fourth-order valence-corrected chi connectivity index (χ4v) is 2.81. The second-order valence-corrected chi connectivity index (χ2v) is 5.91. The van der Waals surface area contributed by atoms with Crippen LogP contribution in [-0.2, 0) is 11.2 Å². The monoisotopic (exact) mass is 250 g/mol. The van der Waals surface area contributed by atoms with E-state index in [1.807, 2.05) is 12.1 Å². The van der Waals surface area contributed by atoms with Gasteiger partial charge in [0.05, 0.1) is 0 Å². The van der Waals surface area contributed by atoms with Gasteiger partial charge in [-0.15, -0.1) is 11.8 Å². The molecule has 1 heterocycles. The Bertz CT molecular complexity index is 445. The van der Waals surface area contributed by atoms with Crippen molar-refractivity contribution in [3.05, 3.63) is 17.7 Å². The van der Waals surface area contributed by atoms with Crippen LogP contribution in [0.15, 0.2) is 17.0 Å². The predicted molar refractivity (Wildman–Crippen MR) is 73.4 cm³/mol. The van der Waals surface area contributed by atoms with Gasteiger partial charge in [-0.05, 0) is 30.5 Å². The largest absolute Gasteiger partial charge is 0.398 e. The van der Waals surface area contributed by atoms with E-state index in [0.29, 0.717) is 11.7 Å². The minimum atomic E-state index is 0.0989. The highest BCUT2D eigenvalue weighted by Crippen LogP contribution is 2.36. The van der Waals surface area contributed by atoms with Crippen LogP contribution >= 0.6 is 11.8 Å². The van der Waals surface area contributed by atoms with Crippen molar-refractivity contribution in [1.82, 2.24) is 0 Å². The Kier molecular flexibility index (Phi) is 3.62. The first-order valence-electron chi connectivity index (χ1n) is 5.99. The molecule has 4 heteroatoms. The van der Waals surface area contributed by atoms with Crippen LogP contribution in [0.2, 0.25) is 0 Å². The van der Waals surface area contributed by atoms with Crippen molar-refractivity contribution >= 4 is 29.0 Å². The zero-order valence-corrected chi connectivity index (χ0v) is 11.1. The minimum Gasteiger partial charge on any atom is -0.398 e. The Morgan fingerprint density at radius 1 is 1.47 bits per heavy atom. The quantitative estimate of drug-likeness (QED) is 0.640. The van der Waals surface area contributed by atoms with E-state index in [1.165, 1.54) is 0 Å². The van der Waals surface area contributed by atoms with Gasteiger partial charge in [0, 0.05) is 27.9 Å². The van der Waals surface area contributed by atoms with E-state index < -0.39 is 0 Å². The summed E-state index contributed by atoms with van der Waals surface area (Å²) in [4.78, 5) is 12.4. The number of carbonyl (C=O) groups excluding carboxylic acids is 1. The molecule has 1 atom stereocenters. The maximum Gasteiger partial charge on any atom is 0.224 e. The lowest BCUT2D eigenvalue weighted by Crippen LogP contribution is -2.19. The average molecular weight is 250 g/mol. The van der Waals surface area contributed by atoms with E-state index >= 15 is 0 Å². The number of fused-ring (bicyclic) bond motifs is 1. The summed E-state index contributed by atoms with van der Waals surface area (Å²) in [5.41, 5.74) is 8.95. The fraction of sp³-hybridized carbons (Fsp3) is 0.462. The normalized spacial score (nSPS) is 16.2. The zero-order chi connectivity index (χ0) is 12.4. The van der Waals surface area contributed by atoms with Crippen LogP contribution in [0.25, 0.3) is 0 Å². The number of amides is 1. The summed E-state index contributed by atoms with van der Waals surface area (Å²) in [5, 5.41) is 3.45. The maximum atomic E-state index is 11.4. The lowest BCUT2D eigenvalue weighted by atomic mass is 10.0. The number of nitrogen functional groups attached to an aromatic ring is 1. The summed E-state index contributed by atoms with van der Waals surface area (Å²) in [6, 6.07) is 4.01. The zero-order valence-electron chi connectivity index (χ0n) is 10.2. The van der Waals surface area contributed by atoms with Gasteiger partial charge in [0.25, 0.3) is 0 Å². The highest BCUT2D eigenvalue weighted by atomic mass is 32.2. The molecule has 1 aliphatic heterocycles. The molecule has 0 aliphatic carbocycles. The molecule has 0 spiro atoms. The predicted octanol–water partition coefficient (Wildman–Crippen LogP) is 3.04. The maximum absolute atomic E-state index is 11.4. The van der Waals surface area contributed by atoms with Crippen LogP contribution < -0.4 is 11.1 Å². The molecular formula is C13H18N2OS. The molecule has 0 saturated carbocycles. The third-order valence-corrected chi connectivity index (χ3v) is 4.38. The van der Waals surface area contributed by atoms with E-state index in [2.05, 4.69) is 19.2 Å². The average Bonchev–Trinajstić information content (AvgIpc) is 2.30. The third kappa shape index (κ3) is 2.75. The molecule has 3 nitrogen and oxygen atoms in total. The van der Waals surface area contributed by atoms with Gasteiger partial charge < -0.3 is 11.1 Å². The third-order valence-electron chi connectivity index (χ3n) is 3.03. The van der Waals surface area contributed by atoms with Gasteiger partial charge in [0.15, 0.2) is 0 Å². The lowest BCUT2D eigenvalue weighted by Gasteiger charge is -2.20. The van der Waals surface area contributed by atoms with E-state index in [-0.39, 0.29) is 5.91 Å². The summed E-state index contributed by atoms with van der Waals surface area (Å²) in [7, 11) is 0. The highest BCUT2D eigenvalue weighted by Gasteiger charge is 2.17. The van der Waals surface area contributed by atoms with Crippen molar-refractivity contribution in [1.29, 1.82) is 0 Å². The van der Waals surface area contributed by atoms with Crippen LogP contribution in [-0.4, -0.2) is 11.2 Å². The van der Waals surface area contributed by atoms with Gasteiger partial charge in [0.2, 0.25) is 5.91 Å². The summed E-state index contributed by atoms with van der Waals surface area (Å²) >= 11 is 1.77. The van der Waals surface area contributed by atoms with Crippen LogP contribution in [0.1, 0.15) is 32.3 Å². The SMILES string of the molecule is CCC(C)Sc1cc2c(cc1N)CCC(=O)N2. The van der Waals surface area contributed by atoms with Crippen molar-refractivity contribution in [3.8, 4) is 0 Å². The molecule has 1 amide bonds. The number of carbonyl (C=O) groups is 1. The second kappa shape index (κ2) is 5.00. The molecule has 92 valence electrons. The van der Waals surface area contributed by atoms with Crippen molar-refractivity contribution in [2.45, 2.75) is 43.3 Å². The first kappa shape index (κ1) is 12.3. The number of hydrogen-bond acceptors (Lipinski definition) is 3. The number of hydrogen-bond donors (Lipinski definition) is 2. The van der Waals surface area contributed by atoms with Crippen LogP contribution in [0.5, 0.6) is 0 Å². The molecule has 0 radical (unpaired) electrons. The van der Waals surface area contributed by atoms with Gasteiger partial charge in [-0.1, -0.05) is 13.8 Å². The topological polar surface area (TPSA) is 55.1 Å². The number of rotatable bonds is 3. The number of nitrogens with one attached hydrogen (secondary N) is 1. The van der Waals surface area contributed by atoms with E-state index in [4.69, 9.17) is 5.73 Å². The molecule has 0 fully saturated rings. The van der Waals surface area contributed by atoms with Crippen molar-refractivity contribution in [2.24, 2.45) is 0 Å². The summed E-state index contributed by atoms with van der Waals surface area (Å²) in [5.74, 6) is 0.0989. The van der Waals surface area contributed by atoms with Crippen molar-refractivity contribution in [3.63, 3.8) is 0 Å². The summed E-state index contributed by atoms with van der Waals surface area (Å²) < 4.78 is 0. The van der Waals surface area contributed by atoms with E-state index in [1.54, 1.807) is 11.8 Å². The molecule has 2 rings (SSSR count). The number of aryl methyl sites for hydroxylation is 1. The Morgan fingerprint density at radius 2 is 2.24 bits per heavy atom. The molecule has 0 aromatic heterocycles.